The van der Waals surface area contributed by atoms with E-state index < -0.39 is 15.9 Å². The lowest BCUT2D eigenvalue weighted by Crippen LogP contribution is -2.39. The van der Waals surface area contributed by atoms with Gasteiger partial charge in [0.15, 0.2) is 0 Å². The Morgan fingerprint density at radius 2 is 1.69 bits per heavy atom. The maximum absolute atomic E-state index is 13.6. The summed E-state index contributed by atoms with van der Waals surface area (Å²) in [6, 6.07) is 20.1. The smallest absolute Gasteiger partial charge is 0.243 e. The number of halogens is 1. The first-order chi connectivity index (χ1) is 15.2. The first-order valence-corrected chi connectivity index (χ1v) is 12.2. The molecular weight excluding hydrogens is 444 g/mol. The molecule has 3 aromatic rings. The number of anilines is 1. The third kappa shape index (κ3) is 5.76. The van der Waals surface area contributed by atoms with E-state index in [4.69, 9.17) is 11.6 Å². The van der Waals surface area contributed by atoms with Crippen molar-refractivity contribution < 1.29 is 13.2 Å². The van der Waals surface area contributed by atoms with Crippen molar-refractivity contribution >= 4 is 33.2 Å². The molecule has 0 saturated carbocycles. The fraction of sp³-hybridized carbons (Fsp3) is 0.240. The van der Waals surface area contributed by atoms with Gasteiger partial charge in [-0.3, -0.25) is 4.79 Å². The Bertz CT molecular complexity index is 1210. The summed E-state index contributed by atoms with van der Waals surface area (Å²) >= 11 is 6.15. The molecule has 0 atom stereocenters. The van der Waals surface area contributed by atoms with Gasteiger partial charge in [0.25, 0.3) is 0 Å². The summed E-state index contributed by atoms with van der Waals surface area (Å²) < 4.78 is 28.4. The van der Waals surface area contributed by atoms with E-state index in [1.165, 1.54) is 4.31 Å². The second-order valence-corrected chi connectivity index (χ2v) is 10.1. The molecule has 0 aliphatic rings. The van der Waals surface area contributed by atoms with Gasteiger partial charge in [0.1, 0.15) is 0 Å². The second kappa shape index (κ2) is 10.3. The summed E-state index contributed by atoms with van der Waals surface area (Å²) in [6.45, 7) is 5.30. The molecule has 0 saturated heterocycles. The molecule has 3 rings (SSSR count). The van der Waals surface area contributed by atoms with Crippen LogP contribution in [0.25, 0.3) is 0 Å². The Kier molecular flexibility index (Phi) is 7.72. The van der Waals surface area contributed by atoms with Gasteiger partial charge in [-0.05, 0) is 67.6 Å². The summed E-state index contributed by atoms with van der Waals surface area (Å²) in [4.78, 5) is 13.1. The lowest BCUT2D eigenvalue weighted by Gasteiger charge is -2.23. The molecule has 1 amide bonds. The minimum Gasteiger partial charge on any atom is -0.325 e. The van der Waals surface area contributed by atoms with Crippen molar-refractivity contribution in [2.75, 3.05) is 18.4 Å². The van der Waals surface area contributed by atoms with Gasteiger partial charge in [0.2, 0.25) is 15.9 Å². The molecule has 0 radical (unpaired) electrons. The Labute approximate surface area is 195 Å². The lowest BCUT2D eigenvalue weighted by atomic mass is 10.1. The first-order valence-electron chi connectivity index (χ1n) is 10.3. The Morgan fingerprint density at radius 1 is 0.969 bits per heavy atom. The molecule has 0 bridgehead atoms. The summed E-state index contributed by atoms with van der Waals surface area (Å²) in [7, 11) is -3.88. The standard InChI is InChI=1S/C25H27ClN2O3S/c1-18-12-13-19(2)24(16-18)32(30,31)28(15-14-21-8-5-4-6-9-21)17-25(29)27-23-11-7-10-22(26)20(23)3/h4-13,16H,14-15,17H2,1-3H3,(H,27,29). The summed E-state index contributed by atoms with van der Waals surface area (Å²) in [5.74, 6) is -0.419. The normalized spacial score (nSPS) is 11.5. The molecule has 32 heavy (non-hydrogen) atoms. The van der Waals surface area contributed by atoms with Crippen LogP contribution < -0.4 is 5.32 Å². The molecule has 0 heterocycles. The van der Waals surface area contributed by atoms with Crippen LogP contribution in [-0.4, -0.2) is 31.7 Å². The first kappa shape index (κ1) is 24.0. The quantitative estimate of drug-likeness (QED) is 0.495. The van der Waals surface area contributed by atoms with Gasteiger partial charge in [-0.1, -0.05) is 60.1 Å². The highest BCUT2D eigenvalue weighted by molar-refractivity contribution is 7.89. The lowest BCUT2D eigenvalue weighted by molar-refractivity contribution is -0.116. The number of nitrogens with zero attached hydrogens (tertiary/aromatic N) is 1. The van der Waals surface area contributed by atoms with E-state index in [-0.39, 0.29) is 18.0 Å². The van der Waals surface area contributed by atoms with Crippen LogP contribution >= 0.6 is 11.6 Å². The fourth-order valence-corrected chi connectivity index (χ4v) is 5.28. The fourth-order valence-electron chi connectivity index (χ4n) is 3.40. The zero-order chi connectivity index (χ0) is 23.3. The van der Waals surface area contributed by atoms with Crippen molar-refractivity contribution in [1.29, 1.82) is 0 Å². The SMILES string of the molecule is Cc1ccc(C)c(S(=O)(=O)N(CCc2ccccc2)CC(=O)Nc2cccc(Cl)c2C)c1. The predicted molar refractivity (Wildman–Crippen MR) is 130 cm³/mol. The van der Waals surface area contributed by atoms with Crippen molar-refractivity contribution in [1.82, 2.24) is 4.31 Å². The van der Waals surface area contributed by atoms with Gasteiger partial charge in [0, 0.05) is 17.3 Å². The highest BCUT2D eigenvalue weighted by atomic mass is 35.5. The van der Waals surface area contributed by atoms with Crippen molar-refractivity contribution in [2.45, 2.75) is 32.1 Å². The Hall–Kier alpha value is -2.67. The monoisotopic (exact) mass is 470 g/mol. The van der Waals surface area contributed by atoms with E-state index in [9.17, 15) is 13.2 Å². The van der Waals surface area contributed by atoms with Crippen LogP contribution in [-0.2, 0) is 21.2 Å². The van der Waals surface area contributed by atoms with E-state index >= 15 is 0 Å². The number of hydrogen-bond acceptors (Lipinski definition) is 3. The third-order valence-corrected chi connectivity index (χ3v) is 7.71. The third-order valence-electron chi connectivity index (χ3n) is 5.32. The van der Waals surface area contributed by atoms with Crippen LogP contribution in [0.2, 0.25) is 5.02 Å². The molecule has 0 spiro atoms. The number of nitrogens with one attached hydrogen (secondary N) is 1. The molecule has 168 valence electrons. The molecule has 1 N–H and O–H groups in total. The summed E-state index contributed by atoms with van der Waals surface area (Å²) in [6.07, 6.45) is 0.494. The van der Waals surface area contributed by atoms with Gasteiger partial charge < -0.3 is 5.32 Å². The molecule has 0 unspecified atom stereocenters. The average molecular weight is 471 g/mol. The van der Waals surface area contributed by atoms with Crippen molar-refractivity contribution in [2.24, 2.45) is 0 Å². The van der Waals surface area contributed by atoms with Gasteiger partial charge in [-0.25, -0.2) is 8.42 Å². The minimum atomic E-state index is -3.88. The minimum absolute atomic E-state index is 0.182. The molecule has 0 fully saturated rings. The van der Waals surface area contributed by atoms with E-state index in [0.717, 1.165) is 16.7 Å². The van der Waals surface area contributed by atoms with Crippen molar-refractivity contribution in [3.63, 3.8) is 0 Å². The van der Waals surface area contributed by atoms with Crippen LogP contribution in [0.5, 0.6) is 0 Å². The number of rotatable bonds is 8. The van der Waals surface area contributed by atoms with Crippen LogP contribution in [0.3, 0.4) is 0 Å². The van der Waals surface area contributed by atoms with Gasteiger partial charge in [-0.2, -0.15) is 4.31 Å². The molecule has 3 aromatic carbocycles. The number of amides is 1. The number of carbonyl (C=O) groups excluding carboxylic acids is 1. The zero-order valence-electron chi connectivity index (χ0n) is 18.4. The molecular formula is C25H27ClN2O3S. The molecule has 0 aliphatic heterocycles. The maximum atomic E-state index is 13.6. The molecule has 0 aromatic heterocycles. The van der Waals surface area contributed by atoms with Crippen molar-refractivity contribution in [3.8, 4) is 0 Å². The van der Waals surface area contributed by atoms with E-state index in [2.05, 4.69) is 5.32 Å². The number of carbonyl (C=O) groups is 1. The Balaban J connectivity index is 1.88. The molecule has 5 nitrogen and oxygen atoms in total. The predicted octanol–water partition coefficient (Wildman–Crippen LogP) is 5.14. The largest absolute Gasteiger partial charge is 0.325 e. The van der Waals surface area contributed by atoms with Crippen molar-refractivity contribution in [3.05, 3.63) is 94.0 Å². The topological polar surface area (TPSA) is 66.5 Å². The van der Waals surface area contributed by atoms with Crippen LogP contribution in [0.4, 0.5) is 5.69 Å². The van der Waals surface area contributed by atoms with Gasteiger partial charge in [0.05, 0.1) is 11.4 Å². The van der Waals surface area contributed by atoms with Gasteiger partial charge in [-0.15, -0.1) is 0 Å². The van der Waals surface area contributed by atoms with Crippen LogP contribution in [0.15, 0.2) is 71.6 Å². The summed E-state index contributed by atoms with van der Waals surface area (Å²) in [5.41, 5.74) is 3.78. The van der Waals surface area contributed by atoms with Gasteiger partial charge >= 0.3 is 0 Å². The second-order valence-electron chi connectivity index (χ2n) is 7.80. The highest BCUT2D eigenvalue weighted by Gasteiger charge is 2.28. The number of benzene rings is 3. The molecule has 0 aliphatic carbocycles. The van der Waals surface area contributed by atoms with E-state index in [0.29, 0.717) is 22.7 Å². The number of sulfonamides is 1. The number of aryl methyl sites for hydroxylation is 2. The van der Waals surface area contributed by atoms with E-state index in [1.54, 1.807) is 44.2 Å². The molecule has 7 heteroatoms. The Morgan fingerprint density at radius 3 is 2.41 bits per heavy atom. The zero-order valence-corrected chi connectivity index (χ0v) is 20.0. The van der Waals surface area contributed by atoms with Crippen LogP contribution in [0, 0.1) is 20.8 Å². The highest BCUT2D eigenvalue weighted by Crippen LogP contribution is 2.24. The van der Waals surface area contributed by atoms with Crippen LogP contribution in [0.1, 0.15) is 22.3 Å². The van der Waals surface area contributed by atoms with E-state index in [1.807, 2.05) is 43.3 Å². The average Bonchev–Trinajstić information content (AvgIpc) is 2.76. The maximum Gasteiger partial charge on any atom is 0.243 e. The summed E-state index contributed by atoms with van der Waals surface area (Å²) in [5, 5.41) is 3.33. The number of hydrogen-bond donors (Lipinski definition) is 1.